The first-order chi connectivity index (χ1) is 26.0. The van der Waals surface area contributed by atoms with Gasteiger partial charge in [0.05, 0.1) is 0 Å². The molecule has 10 heteroatoms. The molecule has 58 heavy (non-hydrogen) atoms. The summed E-state index contributed by atoms with van der Waals surface area (Å²) in [6.07, 6.45) is 14.5. The third-order valence-corrected chi connectivity index (χ3v) is 6.95. The molecule has 0 spiro atoms. The van der Waals surface area contributed by atoms with Gasteiger partial charge in [-0.3, -0.25) is 24.0 Å². The molecular weight excluding hydrogens is 727 g/mol. The molecule has 10 nitrogen and oxygen atoms in total. The van der Waals surface area contributed by atoms with Gasteiger partial charge in [0, 0.05) is 52.3 Å². The third-order valence-electron chi connectivity index (χ3n) is 6.95. The van der Waals surface area contributed by atoms with Crippen LogP contribution >= 0.6 is 0 Å². The van der Waals surface area contributed by atoms with E-state index < -0.39 is 0 Å². The normalized spacial score (nSPS) is 11.5. The molecule has 0 aromatic carbocycles. The number of hydrogen-bond donors (Lipinski definition) is 3. The number of carbonyl (C=O) groups excluding carboxylic acids is 5. The number of nitrogens with one attached hydrogen (secondary N) is 3. The van der Waals surface area contributed by atoms with Crippen LogP contribution in [0.1, 0.15) is 136 Å². The largest absolute Gasteiger partial charge is 0.352 e. The Labute approximate surface area is 357 Å². The first-order valence-corrected chi connectivity index (χ1v) is 20.5. The molecule has 0 aromatic rings. The van der Waals surface area contributed by atoms with Gasteiger partial charge >= 0.3 is 0 Å². The van der Waals surface area contributed by atoms with Crippen LogP contribution in [0.3, 0.4) is 0 Å². The number of rotatable bonds is 15. The molecule has 0 aliphatic rings. The van der Waals surface area contributed by atoms with E-state index in [1.807, 2.05) is 32.0 Å². The number of amides is 4. The van der Waals surface area contributed by atoms with Crippen LogP contribution in [-0.4, -0.2) is 93.1 Å². The van der Waals surface area contributed by atoms with Gasteiger partial charge in [-0.15, -0.1) is 0 Å². The lowest BCUT2D eigenvalue weighted by atomic mass is 9.89. The van der Waals surface area contributed by atoms with Gasteiger partial charge in [-0.1, -0.05) is 136 Å². The van der Waals surface area contributed by atoms with Crippen molar-refractivity contribution in [2.75, 3.05) is 53.9 Å². The van der Waals surface area contributed by atoms with E-state index in [9.17, 15) is 24.0 Å². The Bertz CT molecular complexity index is 1250. The van der Waals surface area contributed by atoms with E-state index >= 15 is 0 Å². The summed E-state index contributed by atoms with van der Waals surface area (Å²) in [5, 5.41) is 8.37. The van der Waals surface area contributed by atoms with Crippen molar-refractivity contribution in [3.63, 3.8) is 0 Å². The molecule has 0 atom stereocenters. The van der Waals surface area contributed by atoms with Gasteiger partial charge in [-0.25, -0.2) is 0 Å². The van der Waals surface area contributed by atoms with Crippen molar-refractivity contribution in [1.29, 1.82) is 0 Å². The topological polar surface area (TPSA) is 128 Å². The number of nitrogens with zero attached hydrogens (tertiary/aromatic N) is 2. The predicted molar refractivity (Wildman–Crippen MR) is 251 cm³/mol. The fourth-order valence-corrected chi connectivity index (χ4v) is 3.43. The zero-order chi connectivity index (χ0) is 47.0. The molecule has 0 saturated carbocycles. The maximum Gasteiger partial charge on any atom is 0.245 e. The van der Waals surface area contributed by atoms with Crippen LogP contribution in [0.25, 0.3) is 0 Å². The third kappa shape index (κ3) is 64.1. The number of allylic oxidation sites excluding steroid dienone is 2. The van der Waals surface area contributed by atoms with Gasteiger partial charge in [0.25, 0.3) is 0 Å². The lowest BCUT2D eigenvalue weighted by Crippen LogP contribution is -2.31. The Kier molecular flexibility index (Phi) is 36.2. The Morgan fingerprint density at radius 3 is 1.24 bits per heavy atom. The summed E-state index contributed by atoms with van der Waals surface area (Å²) in [5.41, 5.74) is 1.10. The Morgan fingerprint density at radius 1 is 0.534 bits per heavy atom. The van der Waals surface area contributed by atoms with E-state index in [1.165, 1.54) is 24.3 Å². The lowest BCUT2D eigenvalue weighted by molar-refractivity contribution is -0.125. The van der Waals surface area contributed by atoms with Gasteiger partial charge in [0.15, 0.2) is 5.78 Å². The lowest BCUT2D eigenvalue weighted by Gasteiger charge is -2.22. The summed E-state index contributed by atoms with van der Waals surface area (Å²) < 4.78 is 0. The van der Waals surface area contributed by atoms with E-state index in [4.69, 9.17) is 0 Å². The van der Waals surface area contributed by atoms with Crippen molar-refractivity contribution in [2.45, 2.75) is 136 Å². The maximum atomic E-state index is 11.3. The maximum absolute atomic E-state index is 11.3. The van der Waals surface area contributed by atoms with Crippen LogP contribution in [0, 0.1) is 27.1 Å². The summed E-state index contributed by atoms with van der Waals surface area (Å²) in [6.45, 7) is 47.5. The molecule has 0 heterocycles. The molecule has 0 radical (unpaired) electrons. The summed E-state index contributed by atoms with van der Waals surface area (Å²) in [6, 6.07) is 0. The molecule has 3 N–H and O–H groups in total. The van der Waals surface area contributed by atoms with Crippen LogP contribution in [0.15, 0.2) is 62.3 Å². The highest BCUT2D eigenvalue weighted by Crippen LogP contribution is 2.21. The minimum atomic E-state index is -0.102. The van der Waals surface area contributed by atoms with Gasteiger partial charge < -0.3 is 25.8 Å². The molecular formula is C48H91N5O5. The van der Waals surface area contributed by atoms with Crippen LogP contribution in [-0.2, 0) is 24.0 Å². The van der Waals surface area contributed by atoms with Gasteiger partial charge in [0.1, 0.15) is 0 Å². The van der Waals surface area contributed by atoms with Crippen LogP contribution in [0.2, 0.25) is 0 Å². The number of ketones is 1. The molecule has 0 unspecified atom stereocenters. The Morgan fingerprint density at radius 2 is 0.931 bits per heavy atom. The molecule has 0 aliphatic carbocycles. The highest BCUT2D eigenvalue weighted by Gasteiger charge is 2.14. The minimum absolute atomic E-state index is 0.000694. The van der Waals surface area contributed by atoms with E-state index in [0.717, 1.165) is 38.9 Å². The Hall–Kier alpha value is -3.79. The molecule has 0 aromatic heterocycles. The molecule has 0 rings (SSSR count). The molecule has 0 aliphatic heterocycles. The van der Waals surface area contributed by atoms with Gasteiger partial charge in [0.2, 0.25) is 23.6 Å². The first kappa shape index (κ1) is 63.4. The molecule has 338 valence electrons. The minimum Gasteiger partial charge on any atom is -0.352 e. The van der Waals surface area contributed by atoms with E-state index in [1.54, 1.807) is 24.1 Å². The Balaban J connectivity index is -0.000000203. The first-order valence-electron chi connectivity index (χ1n) is 20.5. The van der Waals surface area contributed by atoms with E-state index in [0.29, 0.717) is 24.9 Å². The zero-order valence-corrected chi connectivity index (χ0v) is 41.0. The second kappa shape index (κ2) is 33.1. The number of likely N-dealkylation sites (N-methyl/N-ethyl adjacent to an activating group) is 2. The second-order valence-corrected chi connectivity index (χ2v) is 20.6. The van der Waals surface area contributed by atoms with Gasteiger partial charge in [-0.05, 0) is 91.7 Å². The SMILES string of the molecule is C/C=C/C(=O)NCC(C)(C)C.C=CC(=O)CCCC(C)(C)C.C=CC(=O)N(C)CCC(C)(C)C.C=CC(=O)NCC(C)(C)C.CN(C)C/C=C/C(=O)NCC(C)(C)C. The molecule has 0 fully saturated rings. The second-order valence-electron chi connectivity index (χ2n) is 20.6. The monoisotopic (exact) mass is 818 g/mol. The van der Waals surface area contributed by atoms with E-state index in [-0.39, 0.29) is 51.1 Å². The zero-order valence-electron chi connectivity index (χ0n) is 41.0. The van der Waals surface area contributed by atoms with Crippen molar-refractivity contribution < 1.29 is 24.0 Å². The molecule has 4 amide bonds. The summed E-state index contributed by atoms with van der Waals surface area (Å²) in [7, 11) is 5.74. The molecule has 0 bridgehead atoms. The highest BCUT2D eigenvalue weighted by atomic mass is 16.2. The van der Waals surface area contributed by atoms with Crippen molar-refractivity contribution in [2.24, 2.45) is 27.1 Å². The fourth-order valence-electron chi connectivity index (χ4n) is 3.43. The van der Waals surface area contributed by atoms with E-state index in [2.05, 4.69) is 140 Å². The highest BCUT2D eigenvalue weighted by molar-refractivity contribution is 5.89. The average Bonchev–Trinajstić information content (AvgIpc) is 3.06. The van der Waals surface area contributed by atoms with Crippen LogP contribution < -0.4 is 16.0 Å². The average molecular weight is 818 g/mol. The van der Waals surface area contributed by atoms with Crippen LogP contribution in [0.4, 0.5) is 0 Å². The quantitative estimate of drug-likeness (QED) is 0.141. The fraction of sp³-hybridized carbons (Fsp3) is 0.688. The number of hydrogen-bond acceptors (Lipinski definition) is 6. The molecule has 0 saturated heterocycles. The van der Waals surface area contributed by atoms with Crippen molar-refractivity contribution in [3.8, 4) is 0 Å². The van der Waals surface area contributed by atoms with Crippen molar-refractivity contribution in [3.05, 3.63) is 62.3 Å². The van der Waals surface area contributed by atoms with Crippen molar-refractivity contribution in [1.82, 2.24) is 25.8 Å². The summed E-state index contributed by atoms with van der Waals surface area (Å²) >= 11 is 0. The summed E-state index contributed by atoms with van der Waals surface area (Å²) in [4.78, 5) is 58.3. The van der Waals surface area contributed by atoms with Crippen LogP contribution in [0.5, 0.6) is 0 Å². The smallest absolute Gasteiger partial charge is 0.245 e. The van der Waals surface area contributed by atoms with Gasteiger partial charge in [-0.2, -0.15) is 0 Å². The summed E-state index contributed by atoms with van der Waals surface area (Å²) in [5.74, 6) is 0.0348. The van der Waals surface area contributed by atoms with Crippen molar-refractivity contribution >= 4 is 29.4 Å². The standard InChI is InChI=1S/C11H22N2O.C10H19NO.C10H18O.C9H17NO.C8H15NO/c1-11(2,3)9-12-10(14)7-6-8-13(4)5;1-6-9(12)11(5)8-7-10(2,3)4;1-5-9(11)7-6-8-10(2,3)4;1-5-6-8(11)10-7-9(2,3)4;1-5-7(10)9-6-8(2,3)4/h6-7H,8-9H2,1-5H3,(H,12,14);6H,1,7-8H2,2-5H3;5H,1,6-8H2,2-4H3;5-6H,7H2,1-4H3,(H,10,11);5H,1,6H2,2-4H3,(H,9,10)/b7-6+;;;6-5+;. The predicted octanol–water partition coefficient (Wildman–Crippen LogP) is 9.35. The number of carbonyl (C=O) groups is 5.